The first kappa shape index (κ1) is 13.2. The molecular weight excluding hydrogens is 306 g/mol. The summed E-state index contributed by atoms with van der Waals surface area (Å²) in [6, 6.07) is 12.7. The summed E-state index contributed by atoms with van der Waals surface area (Å²) in [5.41, 5.74) is 1.75. The molecule has 0 bridgehead atoms. The van der Waals surface area contributed by atoms with Gasteiger partial charge >= 0.3 is 0 Å². The standard InChI is InChI=1S/C14H10BrN3O/c15-12-4-1-10(2-5-12)8-18-14(19)11-3-6-13(7-16)17-9-11/h1-6,9H,8H2,(H,18,19). The number of amides is 1. The number of nitriles is 1. The van der Waals surface area contributed by atoms with Gasteiger partial charge < -0.3 is 5.32 Å². The Morgan fingerprint density at radius 2 is 2.00 bits per heavy atom. The summed E-state index contributed by atoms with van der Waals surface area (Å²) in [7, 11) is 0. The minimum Gasteiger partial charge on any atom is -0.348 e. The molecule has 0 fully saturated rings. The van der Waals surface area contributed by atoms with Crippen LogP contribution in [0.3, 0.4) is 0 Å². The average Bonchev–Trinajstić information content (AvgIpc) is 2.46. The summed E-state index contributed by atoms with van der Waals surface area (Å²) in [5, 5.41) is 11.4. The van der Waals surface area contributed by atoms with Crippen LogP contribution in [0, 0.1) is 11.3 Å². The lowest BCUT2D eigenvalue weighted by Gasteiger charge is -2.05. The molecule has 0 saturated heterocycles. The molecule has 5 heteroatoms. The van der Waals surface area contributed by atoms with Crippen LogP contribution in [0.4, 0.5) is 0 Å². The Kier molecular flexibility index (Phi) is 4.26. The van der Waals surface area contributed by atoms with E-state index in [0.29, 0.717) is 17.8 Å². The molecule has 0 aliphatic heterocycles. The molecule has 0 saturated carbocycles. The number of hydrogen-bond donors (Lipinski definition) is 1. The summed E-state index contributed by atoms with van der Waals surface area (Å²) in [6.07, 6.45) is 1.40. The van der Waals surface area contributed by atoms with E-state index in [1.54, 1.807) is 6.07 Å². The van der Waals surface area contributed by atoms with E-state index >= 15 is 0 Å². The van der Waals surface area contributed by atoms with E-state index < -0.39 is 0 Å². The van der Waals surface area contributed by atoms with Crippen LogP contribution in [0.5, 0.6) is 0 Å². The van der Waals surface area contributed by atoms with Gasteiger partial charge in [0.2, 0.25) is 0 Å². The van der Waals surface area contributed by atoms with E-state index in [-0.39, 0.29) is 5.91 Å². The molecule has 2 rings (SSSR count). The highest BCUT2D eigenvalue weighted by atomic mass is 79.9. The van der Waals surface area contributed by atoms with E-state index in [4.69, 9.17) is 5.26 Å². The SMILES string of the molecule is N#Cc1ccc(C(=O)NCc2ccc(Br)cc2)cn1. The van der Waals surface area contributed by atoms with Gasteiger partial charge in [-0.05, 0) is 29.8 Å². The van der Waals surface area contributed by atoms with Gasteiger partial charge in [0.15, 0.2) is 0 Å². The number of rotatable bonds is 3. The number of halogens is 1. The number of carbonyl (C=O) groups excluding carboxylic acids is 1. The largest absolute Gasteiger partial charge is 0.348 e. The Balaban J connectivity index is 1.97. The van der Waals surface area contributed by atoms with Crippen molar-refractivity contribution in [3.05, 3.63) is 63.9 Å². The fourth-order valence-electron chi connectivity index (χ4n) is 1.48. The van der Waals surface area contributed by atoms with E-state index in [2.05, 4.69) is 26.2 Å². The predicted molar refractivity (Wildman–Crippen MR) is 74.3 cm³/mol. The summed E-state index contributed by atoms with van der Waals surface area (Å²) < 4.78 is 0.999. The lowest BCUT2D eigenvalue weighted by Crippen LogP contribution is -2.22. The van der Waals surface area contributed by atoms with Crippen LogP contribution in [0.15, 0.2) is 47.1 Å². The summed E-state index contributed by atoms with van der Waals surface area (Å²) >= 11 is 3.35. The molecule has 0 aliphatic carbocycles. The highest BCUT2D eigenvalue weighted by molar-refractivity contribution is 9.10. The maximum absolute atomic E-state index is 11.8. The second kappa shape index (κ2) is 6.12. The van der Waals surface area contributed by atoms with E-state index in [0.717, 1.165) is 10.0 Å². The number of pyridine rings is 1. The lowest BCUT2D eigenvalue weighted by molar-refractivity contribution is 0.0950. The van der Waals surface area contributed by atoms with E-state index in [9.17, 15) is 4.79 Å². The summed E-state index contributed by atoms with van der Waals surface area (Å²) in [6.45, 7) is 0.451. The first-order valence-electron chi connectivity index (χ1n) is 5.58. The third-order valence-corrected chi connectivity index (χ3v) is 3.04. The molecule has 0 spiro atoms. The zero-order valence-electron chi connectivity index (χ0n) is 9.93. The molecule has 1 amide bonds. The number of nitrogens with zero attached hydrogens (tertiary/aromatic N) is 2. The Morgan fingerprint density at radius 3 is 2.58 bits per heavy atom. The normalized spacial score (nSPS) is 9.68. The van der Waals surface area contributed by atoms with Gasteiger partial charge in [0.25, 0.3) is 5.91 Å². The van der Waals surface area contributed by atoms with Gasteiger partial charge in [0.05, 0.1) is 5.56 Å². The number of hydrogen-bond acceptors (Lipinski definition) is 3. The van der Waals surface area contributed by atoms with E-state index in [1.165, 1.54) is 12.3 Å². The third-order valence-electron chi connectivity index (χ3n) is 2.51. The van der Waals surface area contributed by atoms with Crippen LogP contribution in [0.1, 0.15) is 21.6 Å². The Morgan fingerprint density at radius 1 is 1.26 bits per heavy atom. The van der Waals surface area contributed by atoms with E-state index in [1.807, 2.05) is 30.3 Å². The molecule has 1 aromatic heterocycles. The molecule has 0 radical (unpaired) electrons. The average molecular weight is 316 g/mol. The molecule has 0 atom stereocenters. The summed E-state index contributed by atoms with van der Waals surface area (Å²) in [4.78, 5) is 15.7. The molecule has 19 heavy (non-hydrogen) atoms. The predicted octanol–water partition coefficient (Wildman–Crippen LogP) is 2.65. The van der Waals surface area contributed by atoms with Crippen LogP contribution >= 0.6 is 15.9 Å². The smallest absolute Gasteiger partial charge is 0.253 e. The van der Waals surface area contributed by atoms with Crippen LogP contribution in [0.2, 0.25) is 0 Å². The molecule has 1 aromatic carbocycles. The van der Waals surface area contributed by atoms with Crippen molar-refractivity contribution in [3.8, 4) is 6.07 Å². The van der Waals surface area contributed by atoms with Crippen LogP contribution < -0.4 is 5.32 Å². The van der Waals surface area contributed by atoms with Gasteiger partial charge in [-0.25, -0.2) is 4.98 Å². The third kappa shape index (κ3) is 3.63. The van der Waals surface area contributed by atoms with Crippen molar-refractivity contribution in [2.75, 3.05) is 0 Å². The maximum atomic E-state index is 11.8. The Labute approximate surface area is 119 Å². The second-order valence-electron chi connectivity index (χ2n) is 3.85. The van der Waals surface area contributed by atoms with Crippen LogP contribution in [-0.4, -0.2) is 10.9 Å². The number of nitrogens with one attached hydrogen (secondary N) is 1. The molecular formula is C14H10BrN3O. The monoisotopic (exact) mass is 315 g/mol. The van der Waals surface area contributed by atoms with Crippen LogP contribution in [0.25, 0.3) is 0 Å². The minimum atomic E-state index is -0.208. The first-order valence-corrected chi connectivity index (χ1v) is 6.37. The quantitative estimate of drug-likeness (QED) is 0.946. The fourth-order valence-corrected chi connectivity index (χ4v) is 1.75. The minimum absolute atomic E-state index is 0.208. The maximum Gasteiger partial charge on any atom is 0.253 e. The first-order chi connectivity index (χ1) is 9.19. The fraction of sp³-hybridized carbons (Fsp3) is 0.0714. The van der Waals surface area contributed by atoms with Crippen molar-refractivity contribution in [2.45, 2.75) is 6.54 Å². The number of benzene rings is 1. The van der Waals surface area contributed by atoms with Gasteiger partial charge in [0, 0.05) is 17.2 Å². The molecule has 1 heterocycles. The molecule has 0 unspecified atom stereocenters. The van der Waals surface area contributed by atoms with Gasteiger partial charge in [0.1, 0.15) is 11.8 Å². The van der Waals surface area contributed by atoms with Crippen molar-refractivity contribution in [1.29, 1.82) is 5.26 Å². The molecule has 1 N–H and O–H groups in total. The Bertz CT molecular complexity index is 615. The van der Waals surface area contributed by atoms with Crippen molar-refractivity contribution in [1.82, 2.24) is 10.3 Å². The van der Waals surface area contributed by atoms with Gasteiger partial charge in [-0.2, -0.15) is 5.26 Å². The molecule has 0 aliphatic rings. The van der Waals surface area contributed by atoms with Gasteiger partial charge in [-0.1, -0.05) is 28.1 Å². The lowest BCUT2D eigenvalue weighted by atomic mass is 10.2. The molecule has 94 valence electrons. The van der Waals surface area contributed by atoms with Gasteiger partial charge in [-0.3, -0.25) is 4.79 Å². The van der Waals surface area contributed by atoms with Crippen molar-refractivity contribution in [3.63, 3.8) is 0 Å². The summed E-state index contributed by atoms with van der Waals surface area (Å²) in [5.74, 6) is -0.208. The second-order valence-corrected chi connectivity index (χ2v) is 4.77. The van der Waals surface area contributed by atoms with Gasteiger partial charge in [-0.15, -0.1) is 0 Å². The highest BCUT2D eigenvalue weighted by Gasteiger charge is 2.05. The van der Waals surface area contributed by atoms with Crippen molar-refractivity contribution >= 4 is 21.8 Å². The number of carbonyl (C=O) groups is 1. The van der Waals surface area contributed by atoms with Crippen molar-refractivity contribution in [2.24, 2.45) is 0 Å². The highest BCUT2D eigenvalue weighted by Crippen LogP contribution is 2.10. The molecule has 4 nitrogen and oxygen atoms in total. The Hall–Kier alpha value is -2.19. The molecule has 2 aromatic rings. The van der Waals surface area contributed by atoms with Crippen LogP contribution in [-0.2, 0) is 6.54 Å². The number of aromatic nitrogens is 1. The zero-order valence-corrected chi connectivity index (χ0v) is 11.5. The zero-order chi connectivity index (χ0) is 13.7. The topological polar surface area (TPSA) is 65.8 Å². The van der Waals surface area contributed by atoms with Crippen molar-refractivity contribution < 1.29 is 4.79 Å².